The number of aliphatic hydroxyl groups excluding tert-OH is 2. The highest BCUT2D eigenvalue weighted by Gasteiger charge is 2.54. The lowest BCUT2D eigenvalue weighted by atomic mass is 10.1. The maximum Gasteiger partial charge on any atom is 0.502 e. The van der Waals surface area contributed by atoms with Crippen molar-refractivity contribution in [2.45, 2.75) is 49.1 Å². The van der Waals surface area contributed by atoms with Crippen LogP contribution in [0.3, 0.4) is 0 Å². The number of rotatable bonds is 4. The van der Waals surface area contributed by atoms with Gasteiger partial charge in [-0.2, -0.15) is 0 Å². The lowest BCUT2D eigenvalue weighted by molar-refractivity contribution is -0.209. The largest absolute Gasteiger partial charge is 0.502 e. The number of H-pyrrole nitrogens is 1. The summed E-state index contributed by atoms with van der Waals surface area (Å²) in [4.78, 5) is 42.7. The van der Waals surface area contributed by atoms with Crippen LogP contribution in [0.5, 0.6) is 0 Å². The molecule has 5 N–H and O–H groups in total. The molecule has 0 spiro atoms. The summed E-state index contributed by atoms with van der Waals surface area (Å²) in [5.41, 5.74) is 4.59. The number of imidazole rings is 1. The summed E-state index contributed by atoms with van der Waals surface area (Å²) in [5, 5.41) is 22.2. The van der Waals surface area contributed by atoms with Crippen LogP contribution in [-0.2, 0) is 46.3 Å². The van der Waals surface area contributed by atoms with Crippen LogP contribution in [0, 0.1) is 0 Å². The minimum atomic E-state index is -4.80. The van der Waals surface area contributed by atoms with Gasteiger partial charge in [0.15, 0.2) is 23.9 Å². The monoisotopic (exact) mass is 681 g/mol. The maximum atomic E-state index is 13.8. The zero-order chi connectivity index (χ0) is 31.4. The van der Waals surface area contributed by atoms with Crippen molar-refractivity contribution in [2.75, 3.05) is 26.1 Å². The van der Waals surface area contributed by atoms with E-state index in [1.807, 2.05) is 4.98 Å². The summed E-state index contributed by atoms with van der Waals surface area (Å²) < 4.78 is 67.8. The summed E-state index contributed by atoms with van der Waals surface area (Å²) >= 11 is 3.99. The molecule has 3 aliphatic rings. The Hall–Kier alpha value is -2.56. The highest BCUT2D eigenvalue weighted by Crippen LogP contribution is 2.59. The molecular formula is C20H25N7O14P2S. The molecular weight excluding hydrogens is 656 g/mol. The topological polar surface area (TPSA) is 273 Å². The van der Waals surface area contributed by atoms with E-state index in [0.717, 1.165) is 23.9 Å². The first kappa shape index (κ1) is 31.4. The second-order valence-corrected chi connectivity index (χ2v) is 14.0. The number of nitrogens with zero attached hydrogens (tertiary/aromatic N) is 5. The molecule has 3 aromatic rings. The number of aromatic amines is 1. The molecule has 0 amide bonds. The molecule has 0 aromatic carbocycles. The van der Waals surface area contributed by atoms with E-state index in [0.29, 0.717) is 0 Å². The summed E-state index contributed by atoms with van der Waals surface area (Å²) in [6.07, 6.45) is -8.51. The number of aromatic nitrogens is 6. The Bertz CT molecular complexity index is 1760. The van der Waals surface area contributed by atoms with Gasteiger partial charge in [-0.25, -0.2) is 33.8 Å². The summed E-state index contributed by atoms with van der Waals surface area (Å²) in [6.45, 7) is -5.75. The highest BCUT2D eigenvalue weighted by molar-refractivity contribution is 8.44. The average Bonchev–Trinajstić information content (AvgIpc) is 3.61. The summed E-state index contributed by atoms with van der Waals surface area (Å²) in [6, 6.07) is 1.01. The molecule has 3 aliphatic heterocycles. The van der Waals surface area contributed by atoms with E-state index in [4.69, 9.17) is 38.0 Å². The Morgan fingerprint density at radius 2 is 1.77 bits per heavy atom. The molecule has 2 unspecified atom stereocenters. The van der Waals surface area contributed by atoms with Crippen LogP contribution >= 0.6 is 26.9 Å². The van der Waals surface area contributed by atoms with E-state index in [2.05, 4.69) is 32.1 Å². The number of ether oxygens (including phenoxy) is 2. The Labute approximate surface area is 250 Å². The summed E-state index contributed by atoms with van der Waals surface area (Å²) in [5.74, 6) is 0.0485. The van der Waals surface area contributed by atoms with Gasteiger partial charge in [0.05, 0.1) is 26.7 Å². The Morgan fingerprint density at radius 3 is 2.52 bits per heavy atom. The molecule has 24 heteroatoms. The second-order valence-electron chi connectivity index (χ2n) is 9.60. The molecule has 6 heterocycles. The van der Waals surface area contributed by atoms with Gasteiger partial charge in [-0.05, 0) is 0 Å². The Morgan fingerprint density at radius 1 is 1.02 bits per heavy atom. The lowest BCUT2D eigenvalue weighted by Crippen LogP contribution is -2.38. The van der Waals surface area contributed by atoms with Crippen molar-refractivity contribution in [1.82, 2.24) is 29.1 Å². The number of anilines is 1. The number of phosphoric ester groups is 1. The molecule has 3 fully saturated rings. The number of phosphoric acid groups is 1. The first-order chi connectivity index (χ1) is 20.9. The van der Waals surface area contributed by atoms with Crippen LogP contribution in [0.25, 0.3) is 11.2 Å². The number of thiol groups is 1. The fourth-order valence-corrected chi connectivity index (χ4v) is 7.59. The van der Waals surface area contributed by atoms with E-state index < -0.39 is 88.2 Å². The fourth-order valence-electron chi connectivity index (χ4n) is 4.92. The number of aliphatic hydroxyl groups is 2. The lowest BCUT2D eigenvalue weighted by Gasteiger charge is -2.27. The normalized spacial score (nSPS) is 38.1. The van der Waals surface area contributed by atoms with E-state index in [1.54, 1.807) is 0 Å². The van der Waals surface area contributed by atoms with Gasteiger partial charge >= 0.3 is 20.3 Å². The van der Waals surface area contributed by atoms with Crippen molar-refractivity contribution in [3.63, 3.8) is 0 Å². The third kappa shape index (κ3) is 5.89. The van der Waals surface area contributed by atoms with Gasteiger partial charge in [0.2, 0.25) is 0 Å². The zero-order valence-electron chi connectivity index (χ0n) is 22.3. The summed E-state index contributed by atoms with van der Waals surface area (Å²) in [7, 11) is -3.78. The number of fused-ring (bicyclic) bond motifs is 4. The molecule has 240 valence electrons. The van der Waals surface area contributed by atoms with Crippen molar-refractivity contribution in [2.24, 2.45) is 0 Å². The molecule has 6 rings (SSSR count). The van der Waals surface area contributed by atoms with E-state index in [-0.39, 0.29) is 17.0 Å². The predicted octanol–water partition coefficient (Wildman–Crippen LogP) is -0.983. The molecule has 3 aromatic heterocycles. The van der Waals surface area contributed by atoms with Crippen molar-refractivity contribution in [3.05, 3.63) is 45.8 Å². The highest BCUT2D eigenvalue weighted by atomic mass is 32.7. The third-order valence-electron chi connectivity index (χ3n) is 6.88. The van der Waals surface area contributed by atoms with E-state index in [9.17, 15) is 28.9 Å². The molecule has 0 radical (unpaired) electrons. The van der Waals surface area contributed by atoms with Gasteiger partial charge in [0, 0.05) is 12.3 Å². The zero-order valence-corrected chi connectivity index (χ0v) is 25.0. The molecule has 2 bridgehead atoms. The van der Waals surface area contributed by atoms with Crippen LogP contribution in [0.15, 0.2) is 34.5 Å². The Kier molecular flexibility index (Phi) is 8.56. The first-order valence-corrected chi connectivity index (χ1v) is 16.8. The van der Waals surface area contributed by atoms with Crippen molar-refractivity contribution in [3.8, 4) is 0 Å². The van der Waals surface area contributed by atoms with Crippen molar-refractivity contribution in [1.29, 1.82) is 0 Å². The third-order valence-corrected chi connectivity index (χ3v) is 9.79. The van der Waals surface area contributed by atoms with Gasteiger partial charge in [-0.15, -0.1) is 4.67 Å². The van der Waals surface area contributed by atoms with Crippen LogP contribution in [0.4, 0.5) is 5.82 Å². The van der Waals surface area contributed by atoms with Gasteiger partial charge in [0.25, 0.3) is 5.56 Å². The molecule has 10 atom stereocenters. The van der Waals surface area contributed by atoms with Crippen molar-refractivity contribution < 1.29 is 56.5 Å². The van der Waals surface area contributed by atoms with Gasteiger partial charge < -0.3 is 25.4 Å². The molecule has 3 saturated heterocycles. The van der Waals surface area contributed by atoms with Crippen LogP contribution in [0.1, 0.15) is 12.5 Å². The molecule has 0 saturated carbocycles. The van der Waals surface area contributed by atoms with Crippen LogP contribution in [0.2, 0.25) is 0 Å². The maximum absolute atomic E-state index is 13.8. The number of hydrogen-bond acceptors (Lipinski definition) is 18. The fraction of sp³-hybridized carbons (Fsp3) is 0.550. The minimum Gasteiger partial charge on any atom is -0.387 e. The Balaban J connectivity index is 1.35. The number of nitrogens with two attached hydrogens (primary N) is 1. The number of nitrogens with one attached hydrogen (secondary N) is 1. The number of nitrogen functional groups attached to an aromatic ring is 1. The van der Waals surface area contributed by atoms with Crippen molar-refractivity contribution >= 4 is 43.9 Å². The average molecular weight is 681 g/mol. The second kappa shape index (κ2) is 12.0. The van der Waals surface area contributed by atoms with Gasteiger partial charge in [0.1, 0.15) is 48.5 Å². The minimum absolute atomic E-state index is 0.0485. The molecule has 44 heavy (non-hydrogen) atoms. The number of hydrogen-bond donors (Lipinski definition) is 5. The van der Waals surface area contributed by atoms with Crippen LogP contribution < -0.4 is 17.0 Å². The molecule has 21 nitrogen and oxygen atoms in total. The van der Waals surface area contributed by atoms with Crippen LogP contribution in [-0.4, -0.2) is 96.2 Å². The SMILES string of the molecule is COOP1(=O)OC[C@H]2O[C@@H](n3ccc(=O)[nH]c3=O)[C@H](O)[C@@H]2OP(=O)(S)OC[C@H]2O[C@@H](n3cnc4c(N)ncnc43)[C@H](O1)[C@@H]2O. The van der Waals surface area contributed by atoms with E-state index >= 15 is 0 Å². The predicted molar refractivity (Wildman–Crippen MR) is 145 cm³/mol. The van der Waals surface area contributed by atoms with E-state index in [1.165, 1.54) is 17.2 Å². The van der Waals surface area contributed by atoms with Gasteiger partial charge in [-0.3, -0.25) is 37.0 Å². The quantitative estimate of drug-likeness (QED) is 0.0957. The smallest absolute Gasteiger partial charge is 0.387 e. The first-order valence-electron chi connectivity index (χ1n) is 12.6. The van der Waals surface area contributed by atoms with Gasteiger partial charge in [-0.1, -0.05) is 12.2 Å². The molecule has 0 aliphatic carbocycles. The standard InChI is InChI=1S/C20H25N7O14P2S/c1-34-41-42(32)35-5-9-14(13(30)18(38-9)26-3-2-10(28)25-20(26)31)40-43(33,44)36-4-8-12(29)15(39-42)19(37-8)27-7-24-11-16(21)22-6-23-17(11)27/h2-3,6-9,12-15,18-19,29-30H,4-5H2,1H3,(H,33,44)(H2,21,22,23)(H,25,28,31)/t8-,9-,12-,13-,14-,15-,18-,19-,42?,43?/m1/s1.